The average Bonchev–Trinajstić information content (AvgIpc) is 2.83. The van der Waals surface area contributed by atoms with Crippen LogP contribution in [0.1, 0.15) is 24.8 Å². The van der Waals surface area contributed by atoms with E-state index in [-0.39, 0.29) is 12.1 Å². The molecule has 0 aromatic heterocycles. The van der Waals surface area contributed by atoms with Crippen LogP contribution in [0, 0.1) is 0 Å². The van der Waals surface area contributed by atoms with Crippen LogP contribution < -0.4 is 0 Å². The third-order valence-corrected chi connectivity index (χ3v) is 2.91. The van der Waals surface area contributed by atoms with Crippen molar-refractivity contribution < 1.29 is 14.3 Å². The van der Waals surface area contributed by atoms with Gasteiger partial charge in [-0.05, 0) is 18.4 Å². The highest BCUT2D eigenvalue weighted by Gasteiger charge is 2.19. The molecule has 0 bridgehead atoms. The Morgan fingerprint density at radius 3 is 2.88 bits per heavy atom. The molecule has 2 rings (SSSR count). The highest BCUT2D eigenvalue weighted by atomic mass is 16.5. The zero-order valence-corrected chi connectivity index (χ0v) is 9.93. The van der Waals surface area contributed by atoms with E-state index in [9.17, 15) is 4.79 Å². The zero-order valence-electron chi connectivity index (χ0n) is 9.93. The lowest BCUT2D eigenvalue weighted by molar-refractivity contribution is -0.146. The lowest BCUT2D eigenvalue weighted by Crippen LogP contribution is -2.16. The van der Waals surface area contributed by atoms with E-state index >= 15 is 0 Å². The summed E-state index contributed by atoms with van der Waals surface area (Å²) in [7, 11) is 0. The van der Waals surface area contributed by atoms with E-state index in [1.165, 1.54) is 5.56 Å². The Bertz CT molecular complexity index is 342. The summed E-state index contributed by atoms with van der Waals surface area (Å²) in [5.41, 5.74) is 1.19. The van der Waals surface area contributed by atoms with Gasteiger partial charge < -0.3 is 9.47 Å². The van der Waals surface area contributed by atoms with Crippen molar-refractivity contribution in [1.82, 2.24) is 0 Å². The van der Waals surface area contributed by atoms with Gasteiger partial charge in [-0.25, -0.2) is 0 Å². The maximum absolute atomic E-state index is 11.5. The van der Waals surface area contributed by atoms with Crippen molar-refractivity contribution >= 4 is 5.97 Å². The normalized spacial score (nSPS) is 19.2. The van der Waals surface area contributed by atoms with Gasteiger partial charge in [0.2, 0.25) is 0 Å². The SMILES string of the molecule is O=C(CC1CCCO1)OCCc1ccccc1. The van der Waals surface area contributed by atoms with Crippen molar-refractivity contribution in [2.75, 3.05) is 13.2 Å². The summed E-state index contributed by atoms with van der Waals surface area (Å²) in [6.45, 7) is 1.23. The van der Waals surface area contributed by atoms with Gasteiger partial charge in [-0.3, -0.25) is 4.79 Å². The molecule has 1 fully saturated rings. The number of ether oxygens (including phenoxy) is 2. The van der Waals surface area contributed by atoms with Gasteiger partial charge in [-0.1, -0.05) is 30.3 Å². The van der Waals surface area contributed by atoms with E-state index in [1.807, 2.05) is 30.3 Å². The third-order valence-electron chi connectivity index (χ3n) is 2.91. The van der Waals surface area contributed by atoms with Crippen LogP contribution in [0.3, 0.4) is 0 Å². The molecule has 1 aliphatic rings. The molecule has 1 atom stereocenters. The number of hydrogen-bond acceptors (Lipinski definition) is 3. The monoisotopic (exact) mass is 234 g/mol. The van der Waals surface area contributed by atoms with E-state index in [2.05, 4.69) is 0 Å². The summed E-state index contributed by atoms with van der Waals surface area (Å²) in [5, 5.41) is 0. The maximum Gasteiger partial charge on any atom is 0.308 e. The van der Waals surface area contributed by atoms with Crippen molar-refractivity contribution in [3.05, 3.63) is 35.9 Å². The fraction of sp³-hybridized carbons (Fsp3) is 0.500. The fourth-order valence-electron chi connectivity index (χ4n) is 1.98. The lowest BCUT2D eigenvalue weighted by Gasteiger charge is -2.09. The third kappa shape index (κ3) is 4.19. The van der Waals surface area contributed by atoms with Gasteiger partial charge >= 0.3 is 5.97 Å². The first-order valence-electron chi connectivity index (χ1n) is 6.16. The number of benzene rings is 1. The number of esters is 1. The largest absolute Gasteiger partial charge is 0.465 e. The molecule has 0 saturated carbocycles. The topological polar surface area (TPSA) is 35.5 Å². The minimum atomic E-state index is -0.146. The van der Waals surface area contributed by atoms with Crippen molar-refractivity contribution in [1.29, 1.82) is 0 Å². The van der Waals surface area contributed by atoms with Gasteiger partial charge in [0.25, 0.3) is 0 Å². The number of rotatable bonds is 5. The molecule has 3 nitrogen and oxygen atoms in total. The Balaban J connectivity index is 1.63. The minimum Gasteiger partial charge on any atom is -0.465 e. The Labute approximate surface area is 102 Å². The predicted molar refractivity (Wildman–Crippen MR) is 64.7 cm³/mol. The molecule has 1 aromatic rings. The Kier molecular flexibility index (Phi) is 4.56. The molecule has 1 aromatic carbocycles. The van der Waals surface area contributed by atoms with Crippen molar-refractivity contribution in [3.8, 4) is 0 Å². The van der Waals surface area contributed by atoms with Crippen molar-refractivity contribution in [2.45, 2.75) is 31.8 Å². The van der Waals surface area contributed by atoms with Crippen LogP contribution in [0.15, 0.2) is 30.3 Å². The summed E-state index contributed by atoms with van der Waals surface area (Å²) < 4.78 is 10.6. The van der Waals surface area contributed by atoms with Crippen molar-refractivity contribution in [3.63, 3.8) is 0 Å². The van der Waals surface area contributed by atoms with Gasteiger partial charge in [0.15, 0.2) is 0 Å². The van der Waals surface area contributed by atoms with Crippen molar-refractivity contribution in [2.24, 2.45) is 0 Å². The van der Waals surface area contributed by atoms with E-state index in [1.54, 1.807) is 0 Å². The molecular weight excluding hydrogens is 216 g/mol. The quantitative estimate of drug-likeness (QED) is 0.734. The highest BCUT2D eigenvalue weighted by Crippen LogP contribution is 2.15. The predicted octanol–water partition coefficient (Wildman–Crippen LogP) is 2.34. The average molecular weight is 234 g/mol. The summed E-state index contributed by atoms with van der Waals surface area (Å²) in [6, 6.07) is 10.0. The summed E-state index contributed by atoms with van der Waals surface area (Å²) >= 11 is 0. The molecule has 1 unspecified atom stereocenters. The van der Waals surface area contributed by atoms with E-state index in [4.69, 9.17) is 9.47 Å². The summed E-state index contributed by atoms with van der Waals surface area (Å²) in [5.74, 6) is -0.146. The van der Waals surface area contributed by atoms with Crippen LogP contribution in [0.5, 0.6) is 0 Å². The van der Waals surface area contributed by atoms with Gasteiger partial charge in [-0.2, -0.15) is 0 Å². The molecule has 1 saturated heterocycles. The summed E-state index contributed by atoms with van der Waals surface area (Å²) in [6.07, 6.45) is 3.29. The smallest absolute Gasteiger partial charge is 0.308 e. The fourth-order valence-corrected chi connectivity index (χ4v) is 1.98. The molecule has 1 heterocycles. The number of hydrogen-bond donors (Lipinski definition) is 0. The molecule has 0 aliphatic carbocycles. The first kappa shape index (κ1) is 12.1. The second kappa shape index (κ2) is 6.40. The van der Waals surface area contributed by atoms with E-state index in [0.717, 1.165) is 25.9 Å². The molecule has 1 aliphatic heterocycles. The summed E-state index contributed by atoms with van der Waals surface area (Å²) in [4.78, 5) is 11.5. The van der Waals surface area contributed by atoms with Gasteiger partial charge in [0.1, 0.15) is 0 Å². The number of carbonyl (C=O) groups is 1. The Hall–Kier alpha value is -1.35. The van der Waals surface area contributed by atoms with Crippen LogP contribution in [0.25, 0.3) is 0 Å². The van der Waals surface area contributed by atoms with E-state index < -0.39 is 0 Å². The molecule has 92 valence electrons. The second-order valence-corrected chi connectivity index (χ2v) is 4.30. The Morgan fingerprint density at radius 1 is 1.35 bits per heavy atom. The van der Waals surface area contributed by atoms with Crippen LogP contribution in [-0.2, 0) is 20.7 Å². The molecular formula is C14H18O3. The van der Waals surface area contributed by atoms with Gasteiger partial charge in [0.05, 0.1) is 19.1 Å². The molecule has 0 radical (unpaired) electrons. The van der Waals surface area contributed by atoms with Crippen LogP contribution in [0.2, 0.25) is 0 Å². The lowest BCUT2D eigenvalue weighted by atomic mass is 10.2. The number of carbonyl (C=O) groups excluding carboxylic acids is 1. The maximum atomic E-state index is 11.5. The highest BCUT2D eigenvalue weighted by molar-refractivity contribution is 5.70. The Morgan fingerprint density at radius 2 is 2.18 bits per heavy atom. The van der Waals surface area contributed by atoms with Gasteiger partial charge in [0, 0.05) is 13.0 Å². The van der Waals surface area contributed by atoms with Crippen LogP contribution in [-0.4, -0.2) is 25.3 Å². The molecule has 3 heteroatoms. The van der Waals surface area contributed by atoms with Gasteiger partial charge in [-0.15, -0.1) is 0 Å². The molecule has 17 heavy (non-hydrogen) atoms. The first-order chi connectivity index (χ1) is 8.34. The first-order valence-corrected chi connectivity index (χ1v) is 6.16. The second-order valence-electron chi connectivity index (χ2n) is 4.30. The minimum absolute atomic E-state index is 0.0826. The van der Waals surface area contributed by atoms with Crippen LogP contribution >= 0.6 is 0 Å². The van der Waals surface area contributed by atoms with Crippen LogP contribution in [0.4, 0.5) is 0 Å². The van der Waals surface area contributed by atoms with E-state index in [0.29, 0.717) is 13.0 Å². The molecule has 0 amide bonds. The standard InChI is InChI=1S/C14H18O3/c15-14(11-13-7-4-9-16-13)17-10-8-12-5-2-1-3-6-12/h1-3,5-6,13H,4,7-11H2. The molecule has 0 spiro atoms. The zero-order chi connectivity index (χ0) is 11.9. The molecule has 0 N–H and O–H groups in total.